The second-order valence-corrected chi connectivity index (χ2v) is 7.33. The van der Waals surface area contributed by atoms with Gasteiger partial charge in [0.05, 0.1) is 23.8 Å². The molecule has 0 spiro atoms. The predicted octanol–water partition coefficient (Wildman–Crippen LogP) is 4.55. The Labute approximate surface area is 181 Å². The standard InChI is InChI=1S/C18H25ClN4OS.HI/c1-5-14(24-16-9-7-6-8-15(16)19)10-21-18(20-4)22-11-17-23-12(2)13(3)25-17;/h6-9,14H,5,10-11H2,1-4H3,(H2,20,21,22);1H. The number of hydrogen-bond donors (Lipinski definition) is 2. The molecule has 0 fully saturated rings. The van der Waals surface area contributed by atoms with Crippen LogP contribution in [0.3, 0.4) is 0 Å². The lowest BCUT2D eigenvalue weighted by molar-refractivity contribution is 0.199. The van der Waals surface area contributed by atoms with Gasteiger partial charge >= 0.3 is 0 Å². The summed E-state index contributed by atoms with van der Waals surface area (Å²) < 4.78 is 5.98. The molecule has 0 radical (unpaired) electrons. The lowest BCUT2D eigenvalue weighted by atomic mass is 10.2. The number of para-hydroxylation sites is 1. The molecule has 8 heteroatoms. The van der Waals surface area contributed by atoms with Crippen molar-refractivity contribution in [2.24, 2.45) is 4.99 Å². The van der Waals surface area contributed by atoms with Gasteiger partial charge in [-0.1, -0.05) is 30.7 Å². The molecule has 2 aromatic rings. The number of thiazole rings is 1. The van der Waals surface area contributed by atoms with E-state index in [0.717, 1.165) is 23.1 Å². The van der Waals surface area contributed by atoms with Crippen molar-refractivity contribution in [2.75, 3.05) is 13.6 Å². The molecule has 1 unspecified atom stereocenters. The Morgan fingerprint density at radius 3 is 2.62 bits per heavy atom. The second kappa shape index (κ2) is 11.6. The first kappa shape index (κ1) is 23.0. The Morgan fingerprint density at radius 1 is 1.31 bits per heavy atom. The van der Waals surface area contributed by atoms with E-state index in [2.05, 4.69) is 34.5 Å². The summed E-state index contributed by atoms with van der Waals surface area (Å²) in [4.78, 5) is 10.0. The van der Waals surface area contributed by atoms with Gasteiger partial charge in [-0.2, -0.15) is 0 Å². The van der Waals surface area contributed by atoms with Gasteiger partial charge in [-0.25, -0.2) is 4.98 Å². The summed E-state index contributed by atoms with van der Waals surface area (Å²) in [5, 5.41) is 8.26. The quantitative estimate of drug-likeness (QED) is 0.327. The van der Waals surface area contributed by atoms with Crippen LogP contribution in [0.25, 0.3) is 0 Å². The Morgan fingerprint density at radius 2 is 2.04 bits per heavy atom. The van der Waals surface area contributed by atoms with E-state index < -0.39 is 0 Å². The van der Waals surface area contributed by atoms with Gasteiger partial charge in [-0.05, 0) is 32.4 Å². The minimum Gasteiger partial charge on any atom is -0.487 e. The van der Waals surface area contributed by atoms with Crippen molar-refractivity contribution in [3.63, 3.8) is 0 Å². The highest BCUT2D eigenvalue weighted by Crippen LogP contribution is 2.24. The minimum atomic E-state index is 0. The summed E-state index contributed by atoms with van der Waals surface area (Å²) >= 11 is 7.86. The average Bonchev–Trinajstić information content (AvgIpc) is 2.93. The number of benzene rings is 1. The number of aliphatic imine (C=N–C) groups is 1. The monoisotopic (exact) mass is 508 g/mol. The number of ether oxygens (including phenoxy) is 1. The Balaban J connectivity index is 0.00000338. The van der Waals surface area contributed by atoms with Gasteiger partial charge in [0.1, 0.15) is 16.9 Å². The molecule has 1 aromatic heterocycles. The van der Waals surface area contributed by atoms with Gasteiger partial charge in [0.2, 0.25) is 0 Å². The molecule has 26 heavy (non-hydrogen) atoms. The van der Waals surface area contributed by atoms with Crippen molar-refractivity contribution >= 4 is 52.9 Å². The molecule has 2 rings (SSSR count). The summed E-state index contributed by atoms with van der Waals surface area (Å²) in [5.74, 6) is 1.43. The molecule has 0 bridgehead atoms. The van der Waals surface area contributed by atoms with Crippen LogP contribution in [0.5, 0.6) is 5.75 Å². The molecular weight excluding hydrogens is 483 g/mol. The van der Waals surface area contributed by atoms with E-state index in [1.807, 2.05) is 31.2 Å². The number of aryl methyl sites for hydroxylation is 2. The summed E-state index contributed by atoms with van der Waals surface area (Å²) in [6.07, 6.45) is 0.864. The second-order valence-electron chi connectivity index (χ2n) is 5.63. The molecule has 2 N–H and O–H groups in total. The smallest absolute Gasteiger partial charge is 0.191 e. The van der Waals surface area contributed by atoms with Crippen LogP contribution in [0.15, 0.2) is 29.3 Å². The molecule has 0 amide bonds. The fourth-order valence-corrected chi connectivity index (χ4v) is 3.25. The van der Waals surface area contributed by atoms with Crippen LogP contribution in [0.1, 0.15) is 28.9 Å². The summed E-state index contributed by atoms with van der Waals surface area (Å²) in [6, 6.07) is 7.52. The molecule has 5 nitrogen and oxygen atoms in total. The zero-order valence-corrected chi connectivity index (χ0v) is 19.4. The lowest BCUT2D eigenvalue weighted by Gasteiger charge is -2.20. The van der Waals surface area contributed by atoms with Gasteiger partial charge in [0.25, 0.3) is 0 Å². The van der Waals surface area contributed by atoms with E-state index in [-0.39, 0.29) is 30.1 Å². The van der Waals surface area contributed by atoms with E-state index in [4.69, 9.17) is 16.3 Å². The molecule has 1 heterocycles. The third-order valence-corrected chi connectivity index (χ3v) is 5.17. The van der Waals surface area contributed by atoms with Crippen LogP contribution in [0.2, 0.25) is 5.02 Å². The minimum absolute atomic E-state index is 0. The van der Waals surface area contributed by atoms with Crippen molar-refractivity contribution < 1.29 is 4.74 Å². The highest BCUT2D eigenvalue weighted by atomic mass is 127. The van der Waals surface area contributed by atoms with Crippen molar-refractivity contribution in [2.45, 2.75) is 39.8 Å². The molecule has 0 saturated carbocycles. The SMILES string of the molecule is CCC(CNC(=NC)NCc1nc(C)c(C)s1)Oc1ccccc1Cl.I. The molecule has 0 aliphatic carbocycles. The topological polar surface area (TPSA) is 58.5 Å². The van der Waals surface area contributed by atoms with Gasteiger partial charge in [-0.15, -0.1) is 35.3 Å². The molecule has 1 atom stereocenters. The number of rotatable bonds is 7. The zero-order valence-electron chi connectivity index (χ0n) is 15.5. The first-order chi connectivity index (χ1) is 12.0. The number of nitrogens with zero attached hydrogens (tertiary/aromatic N) is 2. The van der Waals surface area contributed by atoms with Crippen LogP contribution in [-0.2, 0) is 6.54 Å². The maximum atomic E-state index is 6.16. The van der Waals surface area contributed by atoms with E-state index in [9.17, 15) is 0 Å². The molecular formula is C18H26ClIN4OS. The maximum Gasteiger partial charge on any atom is 0.191 e. The number of halogens is 2. The summed E-state index contributed by atoms with van der Waals surface area (Å²) in [7, 11) is 1.75. The van der Waals surface area contributed by atoms with Gasteiger partial charge in [0, 0.05) is 11.9 Å². The maximum absolute atomic E-state index is 6.16. The van der Waals surface area contributed by atoms with Gasteiger partial charge in [-0.3, -0.25) is 4.99 Å². The average molecular weight is 509 g/mol. The van der Waals surface area contributed by atoms with E-state index >= 15 is 0 Å². The normalized spacial score (nSPS) is 12.3. The molecule has 0 aliphatic rings. The lowest BCUT2D eigenvalue weighted by Crippen LogP contribution is -2.42. The van der Waals surface area contributed by atoms with Crippen LogP contribution in [-0.4, -0.2) is 30.6 Å². The fraction of sp³-hybridized carbons (Fsp3) is 0.444. The van der Waals surface area contributed by atoms with Crippen molar-refractivity contribution in [3.8, 4) is 5.75 Å². The molecule has 1 aromatic carbocycles. The van der Waals surface area contributed by atoms with Crippen LogP contribution >= 0.6 is 46.9 Å². The van der Waals surface area contributed by atoms with Crippen molar-refractivity contribution in [3.05, 3.63) is 44.9 Å². The Kier molecular flexibility index (Phi) is 10.3. The summed E-state index contributed by atoms with van der Waals surface area (Å²) in [6.45, 7) is 7.49. The van der Waals surface area contributed by atoms with Crippen LogP contribution in [0.4, 0.5) is 0 Å². The fourth-order valence-electron chi connectivity index (χ4n) is 2.19. The van der Waals surface area contributed by atoms with Gasteiger partial charge < -0.3 is 15.4 Å². The Bertz CT molecular complexity index is 703. The summed E-state index contributed by atoms with van der Waals surface area (Å²) in [5.41, 5.74) is 1.09. The number of nitrogens with one attached hydrogen (secondary N) is 2. The van der Waals surface area contributed by atoms with Crippen molar-refractivity contribution in [1.29, 1.82) is 0 Å². The van der Waals surface area contributed by atoms with Gasteiger partial charge in [0.15, 0.2) is 5.96 Å². The van der Waals surface area contributed by atoms with E-state index in [0.29, 0.717) is 23.9 Å². The third-order valence-electron chi connectivity index (χ3n) is 3.79. The van der Waals surface area contributed by atoms with Crippen LogP contribution in [0, 0.1) is 13.8 Å². The van der Waals surface area contributed by atoms with E-state index in [1.54, 1.807) is 18.4 Å². The largest absolute Gasteiger partial charge is 0.487 e. The zero-order chi connectivity index (χ0) is 18.2. The number of aromatic nitrogens is 1. The molecule has 144 valence electrons. The Hall–Kier alpha value is -1.06. The highest BCUT2D eigenvalue weighted by molar-refractivity contribution is 14.0. The highest BCUT2D eigenvalue weighted by Gasteiger charge is 2.11. The van der Waals surface area contributed by atoms with E-state index in [1.165, 1.54) is 4.88 Å². The molecule has 0 aliphatic heterocycles. The number of hydrogen-bond acceptors (Lipinski definition) is 4. The predicted molar refractivity (Wildman–Crippen MR) is 121 cm³/mol. The first-order valence-electron chi connectivity index (χ1n) is 8.32. The first-order valence-corrected chi connectivity index (χ1v) is 9.51. The van der Waals surface area contributed by atoms with Crippen LogP contribution < -0.4 is 15.4 Å². The molecule has 0 saturated heterocycles. The number of guanidine groups is 1. The van der Waals surface area contributed by atoms with Crippen molar-refractivity contribution in [1.82, 2.24) is 15.6 Å². The third kappa shape index (κ3) is 6.92.